The van der Waals surface area contributed by atoms with Gasteiger partial charge in [-0.15, -0.1) is 0 Å². The average molecular weight is 223 g/mol. The molecule has 84 valence electrons. The molecule has 0 saturated heterocycles. The highest BCUT2D eigenvalue weighted by Crippen LogP contribution is 2.20. The third-order valence-corrected chi connectivity index (χ3v) is 2.29. The monoisotopic (exact) mass is 223 g/mol. The van der Waals surface area contributed by atoms with Crippen LogP contribution < -0.4 is 5.32 Å². The molecule has 1 aromatic carbocycles. The zero-order valence-electron chi connectivity index (χ0n) is 8.67. The lowest BCUT2D eigenvalue weighted by Crippen LogP contribution is -2.08. The Morgan fingerprint density at radius 2 is 2.12 bits per heavy atom. The van der Waals surface area contributed by atoms with Crippen LogP contribution >= 0.6 is 0 Å². The first kappa shape index (κ1) is 10.6. The van der Waals surface area contributed by atoms with Gasteiger partial charge in [-0.3, -0.25) is 5.10 Å². The summed E-state index contributed by atoms with van der Waals surface area (Å²) >= 11 is 0. The number of anilines is 1. The lowest BCUT2D eigenvalue weighted by molar-refractivity contribution is 0.583. The number of H-pyrrole nitrogens is 1. The Kier molecular flexibility index (Phi) is 2.85. The molecule has 1 aromatic heterocycles. The number of hydrogen-bond acceptors (Lipinski definition) is 2. The van der Waals surface area contributed by atoms with Gasteiger partial charge in [-0.25, -0.2) is 8.78 Å². The van der Waals surface area contributed by atoms with Gasteiger partial charge in [0.25, 0.3) is 0 Å². The molecule has 0 spiro atoms. The van der Waals surface area contributed by atoms with Gasteiger partial charge in [0.05, 0.1) is 17.4 Å². The Hall–Kier alpha value is -1.91. The van der Waals surface area contributed by atoms with E-state index in [4.69, 9.17) is 0 Å². The molecule has 1 atom stereocenters. The highest BCUT2D eigenvalue weighted by molar-refractivity contribution is 5.46. The summed E-state index contributed by atoms with van der Waals surface area (Å²) in [6.07, 6.45) is 1.62. The second-order valence-corrected chi connectivity index (χ2v) is 3.50. The number of benzene rings is 1. The number of nitrogens with zero attached hydrogens (tertiary/aromatic N) is 1. The summed E-state index contributed by atoms with van der Waals surface area (Å²) < 4.78 is 26.0. The number of aromatic nitrogens is 2. The van der Waals surface area contributed by atoms with Crippen molar-refractivity contribution in [1.29, 1.82) is 0 Å². The molecule has 2 aromatic rings. The maximum Gasteiger partial charge on any atom is 0.149 e. The first-order valence-electron chi connectivity index (χ1n) is 4.87. The molecule has 1 heterocycles. The van der Waals surface area contributed by atoms with Gasteiger partial charge in [0.2, 0.25) is 0 Å². The Balaban J connectivity index is 2.15. The van der Waals surface area contributed by atoms with Crippen LogP contribution in [0.5, 0.6) is 0 Å². The first-order valence-corrected chi connectivity index (χ1v) is 4.87. The van der Waals surface area contributed by atoms with E-state index < -0.39 is 11.6 Å². The Morgan fingerprint density at radius 3 is 2.75 bits per heavy atom. The Labute approximate surface area is 91.5 Å². The normalized spacial score (nSPS) is 12.4. The van der Waals surface area contributed by atoms with Crippen LogP contribution in [0.25, 0.3) is 0 Å². The van der Waals surface area contributed by atoms with Gasteiger partial charge in [-0.1, -0.05) is 0 Å². The molecule has 3 nitrogen and oxygen atoms in total. The molecule has 0 bridgehead atoms. The van der Waals surface area contributed by atoms with Crippen LogP contribution in [0.3, 0.4) is 0 Å². The second-order valence-electron chi connectivity index (χ2n) is 3.50. The molecule has 5 heteroatoms. The molecule has 0 saturated carbocycles. The van der Waals surface area contributed by atoms with Crippen LogP contribution in [0.15, 0.2) is 30.5 Å². The van der Waals surface area contributed by atoms with Crippen molar-refractivity contribution >= 4 is 5.69 Å². The van der Waals surface area contributed by atoms with Gasteiger partial charge < -0.3 is 5.32 Å². The van der Waals surface area contributed by atoms with Crippen LogP contribution in [0, 0.1) is 11.6 Å². The molecular weight excluding hydrogens is 212 g/mol. The van der Waals surface area contributed by atoms with Crippen molar-refractivity contribution in [2.45, 2.75) is 13.0 Å². The van der Waals surface area contributed by atoms with E-state index in [9.17, 15) is 8.78 Å². The molecule has 0 aliphatic carbocycles. The van der Waals surface area contributed by atoms with Gasteiger partial charge in [-0.2, -0.15) is 5.10 Å². The molecule has 0 aliphatic rings. The predicted molar refractivity (Wildman–Crippen MR) is 57.0 cm³/mol. The summed E-state index contributed by atoms with van der Waals surface area (Å²) in [5.41, 5.74) is 1.10. The summed E-state index contributed by atoms with van der Waals surface area (Å²) in [4.78, 5) is 0. The number of halogens is 2. The molecular formula is C11H11F2N3. The van der Waals surface area contributed by atoms with E-state index in [0.717, 1.165) is 11.8 Å². The molecule has 2 rings (SSSR count). The fourth-order valence-electron chi connectivity index (χ4n) is 1.43. The summed E-state index contributed by atoms with van der Waals surface area (Å²) in [7, 11) is 0. The van der Waals surface area contributed by atoms with E-state index in [-0.39, 0.29) is 11.7 Å². The fraction of sp³-hybridized carbons (Fsp3) is 0.182. The first-order chi connectivity index (χ1) is 7.66. The van der Waals surface area contributed by atoms with Gasteiger partial charge in [0, 0.05) is 12.3 Å². The SMILES string of the molecule is CC(Nc1ccc(F)cc1F)c1ccn[nH]1. The zero-order valence-corrected chi connectivity index (χ0v) is 8.67. The summed E-state index contributed by atoms with van der Waals surface area (Å²) in [5, 5.41) is 9.51. The highest BCUT2D eigenvalue weighted by Gasteiger charge is 2.09. The maximum absolute atomic E-state index is 13.3. The number of hydrogen-bond donors (Lipinski definition) is 2. The van der Waals surface area contributed by atoms with Crippen molar-refractivity contribution in [3.05, 3.63) is 47.8 Å². The number of rotatable bonds is 3. The van der Waals surface area contributed by atoms with E-state index in [2.05, 4.69) is 15.5 Å². The fourth-order valence-corrected chi connectivity index (χ4v) is 1.43. The van der Waals surface area contributed by atoms with Crippen molar-refractivity contribution in [1.82, 2.24) is 10.2 Å². The number of nitrogens with one attached hydrogen (secondary N) is 2. The molecule has 1 unspecified atom stereocenters. The predicted octanol–water partition coefficient (Wildman–Crippen LogP) is 2.86. The van der Waals surface area contributed by atoms with Crippen LogP contribution in [0.1, 0.15) is 18.7 Å². The van der Waals surface area contributed by atoms with Crippen LogP contribution in [0.2, 0.25) is 0 Å². The van der Waals surface area contributed by atoms with Gasteiger partial charge >= 0.3 is 0 Å². The topological polar surface area (TPSA) is 40.7 Å². The van der Waals surface area contributed by atoms with Crippen molar-refractivity contribution in [3.63, 3.8) is 0 Å². The van der Waals surface area contributed by atoms with E-state index in [1.807, 2.05) is 6.92 Å². The van der Waals surface area contributed by atoms with Crippen molar-refractivity contribution in [2.24, 2.45) is 0 Å². The lowest BCUT2D eigenvalue weighted by Gasteiger charge is -2.13. The third-order valence-electron chi connectivity index (χ3n) is 2.29. The molecule has 2 N–H and O–H groups in total. The van der Waals surface area contributed by atoms with Crippen molar-refractivity contribution < 1.29 is 8.78 Å². The Morgan fingerprint density at radius 1 is 1.31 bits per heavy atom. The minimum absolute atomic E-state index is 0.123. The third kappa shape index (κ3) is 2.18. The molecule has 0 aliphatic heterocycles. The zero-order chi connectivity index (χ0) is 11.5. The molecule has 16 heavy (non-hydrogen) atoms. The molecule has 0 fully saturated rings. The smallest absolute Gasteiger partial charge is 0.149 e. The van der Waals surface area contributed by atoms with E-state index in [0.29, 0.717) is 0 Å². The van der Waals surface area contributed by atoms with E-state index in [1.165, 1.54) is 12.1 Å². The minimum atomic E-state index is -0.605. The summed E-state index contributed by atoms with van der Waals surface area (Å²) in [5.74, 6) is -1.19. The lowest BCUT2D eigenvalue weighted by atomic mass is 10.2. The van der Waals surface area contributed by atoms with Crippen LogP contribution in [-0.4, -0.2) is 10.2 Å². The largest absolute Gasteiger partial charge is 0.375 e. The average Bonchev–Trinajstić information content (AvgIpc) is 2.75. The van der Waals surface area contributed by atoms with Gasteiger partial charge in [-0.05, 0) is 25.1 Å². The maximum atomic E-state index is 13.3. The van der Waals surface area contributed by atoms with Crippen molar-refractivity contribution in [2.75, 3.05) is 5.32 Å². The van der Waals surface area contributed by atoms with Crippen molar-refractivity contribution in [3.8, 4) is 0 Å². The standard InChI is InChI=1S/C11H11F2N3/c1-7(10-4-5-14-16-10)15-11-3-2-8(12)6-9(11)13/h2-7,15H,1H3,(H,14,16). The second kappa shape index (κ2) is 4.30. The van der Waals surface area contributed by atoms with Crippen LogP contribution in [0.4, 0.5) is 14.5 Å². The minimum Gasteiger partial charge on any atom is -0.375 e. The highest BCUT2D eigenvalue weighted by atomic mass is 19.1. The molecule has 0 amide bonds. The van der Waals surface area contributed by atoms with E-state index in [1.54, 1.807) is 12.3 Å². The summed E-state index contributed by atoms with van der Waals surface area (Å²) in [6, 6.07) is 5.10. The van der Waals surface area contributed by atoms with Crippen LogP contribution in [-0.2, 0) is 0 Å². The van der Waals surface area contributed by atoms with Gasteiger partial charge in [0.1, 0.15) is 11.6 Å². The Bertz CT molecular complexity index is 468. The quantitative estimate of drug-likeness (QED) is 0.840. The van der Waals surface area contributed by atoms with Gasteiger partial charge in [0.15, 0.2) is 0 Å². The van der Waals surface area contributed by atoms with E-state index >= 15 is 0 Å². The molecule has 0 radical (unpaired) electrons. The summed E-state index contributed by atoms with van der Waals surface area (Å²) in [6.45, 7) is 1.86. The number of aromatic amines is 1.